The third-order valence-electron chi connectivity index (χ3n) is 6.73. The van der Waals surface area contributed by atoms with Crippen molar-refractivity contribution in [1.82, 2.24) is 9.88 Å². The second-order valence-electron chi connectivity index (χ2n) is 10.1. The van der Waals surface area contributed by atoms with Crippen LogP contribution < -0.4 is 9.80 Å². The van der Waals surface area contributed by atoms with Gasteiger partial charge in [-0.15, -0.1) is 0 Å². The minimum Gasteiger partial charge on any atom is -0.465 e. The molecule has 1 saturated heterocycles. The molecule has 2 aromatic rings. The van der Waals surface area contributed by atoms with E-state index in [1.807, 2.05) is 20.8 Å². The number of halogens is 2. The van der Waals surface area contributed by atoms with E-state index in [1.54, 1.807) is 36.2 Å². The fourth-order valence-electron chi connectivity index (χ4n) is 5.40. The number of carbonyl (C=O) groups is 2. The normalized spacial score (nSPS) is 21.4. The quantitative estimate of drug-likeness (QED) is 0.520. The first-order chi connectivity index (χ1) is 16.0. The molecule has 1 unspecified atom stereocenters. The topological polar surface area (TPSA) is 77.0 Å². The van der Waals surface area contributed by atoms with Crippen LogP contribution in [-0.2, 0) is 6.54 Å². The van der Waals surface area contributed by atoms with Crippen molar-refractivity contribution in [2.24, 2.45) is 5.41 Å². The molecule has 1 aromatic heterocycles. The first-order valence-corrected chi connectivity index (χ1v) is 11.9. The molecule has 34 heavy (non-hydrogen) atoms. The van der Waals surface area contributed by atoms with Gasteiger partial charge in [0.25, 0.3) is 0 Å². The second-order valence-corrected chi connectivity index (χ2v) is 10.5. The maximum absolute atomic E-state index is 15.0. The largest absolute Gasteiger partial charge is 0.465 e. The molecule has 2 atom stereocenters. The predicted molar refractivity (Wildman–Crippen MR) is 130 cm³/mol. The van der Waals surface area contributed by atoms with E-state index in [9.17, 15) is 19.1 Å². The number of hydrogen-bond donors (Lipinski definition) is 1. The smallest absolute Gasteiger partial charge is 0.407 e. The summed E-state index contributed by atoms with van der Waals surface area (Å²) in [6.45, 7) is 8.27. The van der Waals surface area contributed by atoms with Crippen molar-refractivity contribution in [3.05, 3.63) is 52.6 Å². The van der Waals surface area contributed by atoms with Crippen molar-refractivity contribution < 1.29 is 19.1 Å². The summed E-state index contributed by atoms with van der Waals surface area (Å²) >= 11 is 6.24. The number of rotatable bonds is 2. The van der Waals surface area contributed by atoms with Crippen LogP contribution in [0.5, 0.6) is 0 Å². The molecular formula is C25H30ClFN4O3. The van der Waals surface area contributed by atoms with Crippen LogP contribution in [0.25, 0.3) is 0 Å². The van der Waals surface area contributed by atoms with Crippen molar-refractivity contribution >= 4 is 35.1 Å². The first-order valence-electron chi connectivity index (χ1n) is 11.5. The fourth-order valence-corrected chi connectivity index (χ4v) is 5.55. The Balaban J connectivity index is 1.91. The van der Waals surface area contributed by atoms with Crippen LogP contribution in [-0.4, -0.2) is 45.7 Å². The number of fused-ring (bicyclic) bond motifs is 1. The standard InChI is InChI=1S/C25H30ClFN4O3/c1-15-8-7-9-17(27)21(15)30-14-16-13-28-20(26)12-19(16)31(23(30)32)18-10-5-6-11-29(24(33)34)22(18)25(2,3)4/h7-9,12-13,18,22H,5-6,10-11,14H2,1-4H3,(H,33,34)/t18-,22?/m0/s1. The van der Waals surface area contributed by atoms with Gasteiger partial charge >= 0.3 is 12.1 Å². The van der Waals surface area contributed by atoms with Crippen LogP contribution in [0.2, 0.25) is 5.15 Å². The third kappa shape index (κ3) is 4.31. The molecule has 1 aromatic carbocycles. The van der Waals surface area contributed by atoms with Gasteiger partial charge in [-0.1, -0.05) is 44.5 Å². The van der Waals surface area contributed by atoms with Crippen molar-refractivity contribution in [1.29, 1.82) is 0 Å². The molecule has 0 aliphatic carbocycles. The summed E-state index contributed by atoms with van der Waals surface area (Å²) in [5.41, 5.74) is 1.72. The number of carbonyl (C=O) groups excluding carboxylic acids is 1. The highest BCUT2D eigenvalue weighted by Gasteiger charge is 2.47. The lowest BCUT2D eigenvalue weighted by Crippen LogP contribution is -2.62. The zero-order valence-corrected chi connectivity index (χ0v) is 20.6. The monoisotopic (exact) mass is 488 g/mol. The van der Waals surface area contributed by atoms with Crippen LogP contribution in [0.3, 0.4) is 0 Å². The number of aryl methyl sites for hydroxylation is 1. The zero-order chi connectivity index (χ0) is 24.8. The van der Waals surface area contributed by atoms with Gasteiger partial charge in [-0.3, -0.25) is 9.80 Å². The number of hydrogen-bond acceptors (Lipinski definition) is 3. The van der Waals surface area contributed by atoms with Gasteiger partial charge in [0, 0.05) is 18.3 Å². The molecule has 0 spiro atoms. The Bertz CT molecular complexity index is 1100. The molecule has 7 nitrogen and oxygen atoms in total. The van der Waals surface area contributed by atoms with Gasteiger partial charge in [0.05, 0.1) is 30.0 Å². The minimum atomic E-state index is -1.01. The summed E-state index contributed by atoms with van der Waals surface area (Å²) in [5, 5.41) is 10.3. The molecule has 4 rings (SSSR count). The predicted octanol–water partition coefficient (Wildman–Crippen LogP) is 6.08. The number of benzene rings is 1. The SMILES string of the molecule is Cc1cccc(F)c1N1Cc2cnc(Cl)cc2N([C@H]2CCCCN(C(=O)O)C2C(C)(C)C)C1=O. The number of aromatic nitrogens is 1. The van der Waals surface area contributed by atoms with Crippen LogP contribution >= 0.6 is 11.6 Å². The van der Waals surface area contributed by atoms with Gasteiger partial charge in [0.1, 0.15) is 11.0 Å². The molecule has 2 aliphatic rings. The van der Waals surface area contributed by atoms with Gasteiger partial charge in [-0.2, -0.15) is 0 Å². The lowest BCUT2D eigenvalue weighted by Gasteiger charge is -2.49. The fraction of sp³-hybridized carbons (Fsp3) is 0.480. The molecule has 9 heteroatoms. The third-order valence-corrected chi connectivity index (χ3v) is 6.93. The highest BCUT2D eigenvalue weighted by Crippen LogP contribution is 2.41. The summed E-state index contributed by atoms with van der Waals surface area (Å²) < 4.78 is 15.0. The van der Waals surface area contributed by atoms with Crippen LogP contribution in [0.1, 0.15) is 51.2 Å². The van der Waals surface area contributed by atoms with E-state index in [1.165, 1.54) is 15.9 Å². The molecule has 0 saturated carbocycles. The van der Waals surface area contributed by atoms with Gasteiger partial charge < -0.3 is 10.0 Å². The van der Waals surface area contributed by atoms with E-state index >= 15 is 0 Å². The number of pyridine rings is 1. The highest BCUT2D eigenvalue weighted by atomic mass is 35.5. The highest BCUT2D eigenvalue weighted by molar-refractivity contribution is 6.29. The van der Waals surface area contributed by atoms with E-state index in [0.29, 0.717) is 30.6 Å². The van der Waals surface area contributed by atoms with Crippen LogP contribution in [0.4, 0.5) is 25.4 Å². The summed E-state index contributed by atoms with van der Waals surface area (Å²) in [4.78, 5) is 35.1. The average molecular weight is 489 g/mol. The van der Waals surface area contributed by atoms with Crippen LogP contribution in [0, 0.1) is 18.2 Å². The second kappa shape index (κ2) is 9.06. The number of likely N-dealkylation sites (tertiary alicyclic amines) is 1. The van der Waals surface area contributed by atoms with Crippen molar-refractivity contribution in [2.45, 2.75) is 65.6 Å². The van der Waals surface area contributed by atoms with Crippen molar-refractivity contribution in [2.75, 3.05) is 16.3 Å². The maximum Gasteiger partial charge on any atom is 0.407 e. The van der Waals surface area contributed by atoms with E-state index in [0.717, 1.165) is 12.0 Å². The Morgan fingerprint density at radius 3 is 2.65 bits per heavy atom. The van der Waals surface area contributed by atoms with Gasteiger partial charge in [0.2, 0.25) is 0 Å². The Morgan fingerprint density at radius 1 is 1.26 bits per heavy atom. The van der Waals surface area contributed by atoms with E-state index in [-0.39, 0.29) is 17.4 Å². The minimum absolute atomic E-state index is 0.145. The van der Waals surface area contributed by atoms with E-state index in [4.69, 9.17) is 11.6 Å². The first kappa shape index (κ1) is 24.3. The molecule has 0 bridgehead atoms. The number of urea groups is 1. The molecule has 1 N–H and O–H groups in total. The van der Waals surface area contributed by atoms with Crippen molar-refractivity contribution in [3.63, 3.8) is 0 Å². The summed E-state index contributed by atoms with van der Waals surface area (Å²) in [5.74, 6) is -0.487. The Kier molecular flexibility index (Phi) is 6.46. The Hall–Kier alpha value is -2.87. The number of amides is 3. The lowest BCUT2D eigenvalue weighted by molar-refractivity contribution is 0.0740. The molecule has 1 fully saturated rings. The number of nitrogens with zero attached hydrogens (tertiary/aromatic N) is 4. The molecular weight excluding hydrogens is 459 g/mol. The molecule has 0 radical (unpaired) electrons. The molecule has 3 heterocycles. The summed E-state index contributed by atoms with van der Waals surface area (Å²) in [6.07, 6.45) is 2.68. The Morgan fingerprint density at radius 2 is 2.00 bits per heavy atom. The van der Waals surface area contributed by atoms with Crippen LogP contribution in [0.15, 0.2) is 30.5 Å². The number of anilines is 2. The number of para-hydroxylation sites is 1. The van der Waals surface area contributed by atoms with E-state index < -0.39 is 35.4 Å². The lowest BCUT2D eigenvalue weighted by atomic mass is 9.79. The average Bonchev–Trinajstić information content (AvgIpc) is 2.97. The number of carboxylic acid groups (broad SMARTS) is 1. The Labute approximate surface area is 204 Å². The van der Waals surface area contributed by atoms with Crippen molar-refractivity contribution in [3.8, 4) is 0 Å². The van der Waals surface area contributed by atoms with Gasteiger partial charge in [0.15, 0.2) is 0 Å². The van der Waals surface area contributed by atoms with Gasteiger partial charge in [-0.25, -0.2) is 19.0 Å². The molecule has 3 amide bonds. The molecule has 182 valence electrons. The maximum atomic E-state index is 15.0. The zero-order valence-electron chi connectivity index (χ0n) is 19.9. The van der Waals surface area contributed by atoms with E-state index in [2.05, 4.69) is 4.98 Å². The summed E-state index contributed by atoms with van der Waals surface area (Å²) in [7, 11) is 0. The molecule has 2 aliphatic heterocycles. The van der Waals surface area contributed by atoms with Gasteiger partial charge in [-0.05, 0) is 49.3 Å². The summed E-state index contributed by atoms with van der Waals surface area (Å²) in [6, 6.07) is 5.04.